The van der Waals surface area contributed by atoms with Crippen LogP contribution in [0, 0.1) is 12.7 Å². The summed E-state index contributed by atoms with van der Waals surface area (Å²) in [6, 6.07) is 11.5. The van der Waals surface area contributed by atoms with Crippen LogP contribution in [0.1, 0.15) is 33.3 Å². The summed E-state index contributed by atoms with van der Waals surface area (Å²) in [7, 11) is 0. The summed E-state index contributed by atoms with van der Waals surface area (Å²) in [6.07, 6.45) is 0. The second-order valence-corrected chi connectivity index (χ2v) is 5.58. The third kappa shape index (κ3) is 2.93. The third-order valence-corrected chi connectivity index (χ3v) is 3.86. The highest BCUT2D eigenvalue weighted by Gasteiger charge is 2.17. The van der Waals surface area contributed by atoms with Crippen LogP contribution >= 0.6 is 0 Å². The van der Waals surface area contributed by atoms with Crippen molar-refractivity contribution in [1.29, 1.82) is 0 Å². The van der Waals surface area contributed by atoms with Gasteiger partial charge in [0.1, 0.15) is 11.6 Å². The van der Waals surface area contributed by atoms with E-state index in [4.69, 9.17) is 4.74 Å². The Kier molecular flexibility index (Phi) is 4.16. The molecule has 2 aromatic carbocycles. The van der Waals surface area contributed by atoms with Crippen LogP contribution in [0.2, 0.25) is 0 Å². The van der Waals surface area contributed by atoms with Gasteiger partial charge >= 0.3 is 0 Å². The number of aromatic nitrogens is 1. The average molecular weight is 325 g/mol. The third-order valence-electron chi connectivity index (χ3n) is 3.86. The molecule has 0 radical (unpaired) electrons. The van der Waals surface area contributed by atoms with E-state index >= 15 is 0 Å². The van der Waals surface area contributed by atoms with Gasteiger partial charge in [0.25, 0.3) is 0 Å². The first-order valence-electron chi connectivity index (χ1n) is 7.51. The summed E-state index contributed by atoms with van der Waals surface area (Å²) < 4.78 is 19.2. The van der Waals surface area contributed by atoms with Gasteiger partial charge in [0.2, 0.25) is 5.78 Å². The van der Waals surface area contributed by atoms with Crippen LogP contribution < -0.4 is 4.74 Å². The molecule has 1 aromatic heterocycles. The van der Waals surface area contributed by atoms with E-state index in [1.165, 1.54) is 19.1 Å². The molecule has 0 saturated carbocycles. The molecule has 0 fully saturated rings. The minimum atomic E-state index is -0.657. The maximum Gasteiger partial charge on any atom is 0.202 e. The molecule has 0 atom stereocenters. The van der Waals surface area contributed by atoms with Crippen molar-refractivity contribution in [2.24, 2.45) is 0 Å². The lowest BCUT2D eigenvalue weighted by atomic mass is 10.1. The average Bonchev–Trinajstić information content (AvgIpc) is 2.88. The second-order valence-electron chi connectivity index (χ2n) is 5.58. The van der Waals surface area contributed by atoms with E-state index < -0.39 is 5.82 Å². The number of aromatic amines is 1. The molecule has 0 saturated heterocycles. The molecule has 0 spiro atoms. The van der Waals surface area contributed by atoms with Crippen LogP contribution in [0.25, 0.3) is 10.9 Å². The van der Waals surface area contributed by atoms with E-state index in [0.717, 1.165) is 22.7 Å². The number of halogens is 1. The number of fused-ring (bicyclic) bond motifs is 1. The lowest BCUT2D eigenvalue weighted by Crippen LogP contribution is -2.12. The standard InChI is InChI=1S/C19H16FNO3/c1-11-19(15-5-3-4-6-17(15)21-11)18(23)10-24-13-7-8-14(12(2)22)16(20)9-13/h3-9,21H,10H2,1-2H3. The number of Topliss-reactive ketones (excluding diaryl/α,β-unsaturated/α-hetero) is 2. The number of hydrogen-bond donors (Lipinski definition) is 1. The van der Waals surface area contributed by atoms with Crippen LogP contribution in [0.3, 0.4) is 0 Å². The second kappa shape index (κ2) is 6.28. The van der Waals surface area contributed by atoms with Crippen molar-refractivity contribution in [2.75, 3.05) is 6.61 Å². The van der Waals surface area contributed by atoms with Gasteiger partial charge in [-0.05, 0) is 32.0 Å². The Balaban J connectivity index is 1.79. The monoisotopic (exact) mass is 325 g/mol. The molecule has 0 aliphatic carbocycles. The van der Waals surface area contributed by atoms with E-state index in [0.29, 0.717) is 5.56 Å². The number of nitrogens with one attached hydrogen (secondary N) is 1. The largest absolute Gasteiger partial charge is 0.485 e. The van der Waals surface area contributed by atoms with Crippen molar-refractivity contribution in [3.8, 4) is 5.75 Å². The van der Waals surface area contributed by atoms with E-state index in [1.807, 2.05) is 31.2 Å². The minimum absolute atomic E-state index is 0.00106. The zero-order valence-electron chi connectivity index (χ0n) is 13.4. The maximum absolute atomic E-state index is 13.8. The molecule has 1 heterocycles. The maximum atomic E-state index is 13.8. The highest BCUT2D eigenvalue weighted by molar-refractivity contribution is 6.09. The number of carbonyl (C=O) groups excluding carboxylic acids is 2. The van der Waals surface area contributed by atoms with Crippen LogP contribution in [0.4, 0.5) is 4.39 Å². The van der Waals surface area contributed by atoms with Gasteiger partial charge in [0.05, 0.1) is 5.56 Å². The fourth-order valence-electron chi connectivity index (χ4n) is 2.73. The Bertz CT molecular complexity index is 943. The van der Waals surface area contributed by atoms with Gasteiger partial charge in [-0.25, -0.2) is 4.39 Å². The van der Waals surface area contributed by atoms with E-state index in [-0.39, 0.29) is 29.5 Å². The Morgan fingerprint density at radius 1 is 1.17 bits per heavy atom. The molecule has 0 aliphatic rings. The van der Waals surface area contributed by atoms with Gasteiger partial charge in [-0.2, -0.15) is 0 Å². The fourth-order valence-corrected chi connectivity index (χ4v) is 2.73. The van der Waals surface area contributed by atoms with Crippen LogP contribution in [-0.2, 0) is 0 Å². The molecule has 4 nitrogen and oxygen atoms in total. The number of ether oxygens (including phenoxy) is 1. The number of para-hydroxylation sites is 1. The molecule has 5 heteroatoms. The Morgan fingerprint density at radius 3 is 2.62 bits per heavy atom. The molecule has 3 aromatic rings. The summed E-state index contributed by atoms with van der Waals surface area (Å²) in [6.45, 7) is 2.92. The van der Waals surface area contributed by atoms with Gasteiger partial charge in [-0.3, -0.25) is 9.59 Å². The SMILES string of the molecule is CC(=O)c1ccc(OCC(=O)c2c(C)[nH]c3ccccc23)cc1F. The van der Waals surface area contributed by atoms with Gasteiger partial charge < -0.3 is 9.72 Å². The van der Waals surface area contributed by atoms with Gasteiger partial charge in [-0.15, -0.1) is 0 Å². The summed E-state index contributed by atoms with van der Waals surface area (Å²) in [5.74, 6) is -0.996. The lowest BCUT2D eigenvalue weighted by molar-refractivity contribution is 0.0921. The van der Waals surface area contributed by atoms with Crippen LogP contribution in [0.15, 0.2) is 42.5 Å². The van der Waals surface area contributed by atoms with E-state index in [2.05, 4.69) is 4.98 Å². The Labute approximate surface area is 138 Å². The van der Waals surface area contributed by atoms with Crippen molar-refractivity contribution in [3.05, 3.63) is 65.1 Å². The van der Waals surface area contributed by atoms with E-state index in [1.54, 1.807) is 0 Å². The number of ketones is 2. The van der Waals surface area contributed by atoms with Crippen LogP contribution in [-0.4, -0.2) is 23.2 Å². The highest BCUT2D eigenvalue weighted by atomic mass is 19.1. The Morgan fingerprint density at radius 2 is 1.92 bits per heavy atom. The summed E-state index contributed by atoms with van der Waals surface area (Å²) in [5, 5.41) is 0.835. The molecule has 3 rings (SSSR count). The molecule has 0 amide bonds. The molecular weight excluding hydrogens is 309 g/mol. The summed E-state index contributed by atoms with van der Waals surface area (Å²) >= 11 is 0. The van der Waals surface area contributed by atoms with Gasteiger partial charge in [0.15, 0.2) is 12.4 Å². The summed E-state index contributed by atoms with van der Waals surface area (Å²) in [4.78, 5) is 26.9. The Hall–Kier alpha value is -2.95. The number of aryl methyl sites for hydroxylation is 1. The molecule has 0 bridgehead atoms. The smallest absolute Gasteiger partial charge is 0.202 e. The number of hydrogen-bond acceptors (Lipinski definition) is 3. The normalized spacial score (nSPS) is 10.8. The predicted octanol–water partition coefficient (Wildman–Crippen LogP) is 4.08. The first kappa shape index (κ1) is 15.9. The molecule has 1 N–H and O–H groups in total. The first-order chi connectivity index (χ1) is 11.5. The van der Waals surface area contributed by atoms with Gasteiger partial charge in [0, 0.05) is 28.2 Å². The quantitative estimate of drug-likeness (QED) is 0.719. The van der Waals surface area contributed by atoms with Crippen molar-refractivity contribution in [2.45, 2.75) is 13.8 Å². The van der Waals surface area contributed by atoms with Gasteiger partial charge in [-0.1, -0.05) is 18.2 Å². The topological polar surface area (TPSA) is 59.2 Å². The van der Waals surface area contributed by atoms with Crippen LogP contribution in [0.5, 0.6) is 5.75 Å². The molecule has 0 unspecified atom stereocenters. The van der Waals surface area contributed by atoms with E-state index in [9.17, 15) is 14.0 Å². The fraction of sp³-hybridized carbons (Fsp3) is 0.158. The number of benzene rings is 2. The number of H-pyrrole nitrogens is 1. The van der Waals surface area contributed by atoms with Crippen molar-refractivity contribution in [1.82, 2.24) is 4.98 Å². The van der Waals surface area contributed by atoms with Crippen molar-refractivity contribution >= 4 is 22.5 Å². The lowest BCUT2D eigenvalue weighted by Gasteiger charge is -2.07. The molecule has 0 aliphatic heterocycles. The molecule has 122 valence electrons. The number of rotatable bonds is 5. The van der Waals surface area contributed by atoms with Crippen molar-refractivity contribution < 1.29 is 18.7 Å². The zero-order valence-corrected chi connectivity index (χ0v) is 13.4. The van der Waals surface area contributed by atoms with Crippen molar-refractivity contribution in [3.63, 3.8) is 0 Å². The minimum Gasteiger partial charge on any atom is -0.485 e. The first-order valence-corrected chi connectivity index (χ1v) is 7.51. The zero-order chi connectivity index (χ0) is 17.3. The summed E-state index contributed by atoms with van der Waals surface area (Å²) in [5.41, 5.74) is 2.23. The molecule has 24 heavy (non-hydrogen) atoms. The number of carbonyl (C=O) groups is 2. The molecular formula is C19H16FNO3. The highest BCUT2D eigenvalue weighted by Crippen LogP contribution is 2.23. The predicted molar refractivity (Wildman–Crippen MR) is 89.3 cm³/mol.